The highest BCUT2D eigenvalue weighted by molar-refractivity contribution is 5.92. The van der Waals surface area contributed by atoms with E-state index < -0.39 is 0 Å². The number of benzene rings is 1. The van der Waals surface area contributed by atoms with Crippen LogP contribution in [0.1, 0.15) is 25.3 Å². The highest BCUT2D eigenvalue weighted by Gasteiger charge is 2.35. The summed E-state index contributed by atoms with van der Waals surface area (Å²) in [5.74, 6) is 0.660. The van der Waals surface area contributed by atoms with Gasteiger partial charge in [-0.1, -0.05) is 25.5 Å². The lowest BCUT2D eigenvalue weighted by Crippen LogP contribution is -2.24. The minimum absolute atomic E-state index is 0.0200. The number of nitrogen functional groups attached to an aromatic ring is 1. The molecular weight excluding hydrogens is 212 g/mol. The van der Waals surface area contributed by atoms with Crippen molar-refractivity contribution in [3.8, 4) is 0 Å². The van der Waals surface area contributed by atoms with Gasteiger partial charge < -0.3 is 11.1 Å². The topological polar surface area (TPSA) is 55.1 Å². The molecule has 0 spiro atoms. The molecule has 0 aliphatic heterocycles. The molecule has 3 nitrogen and oxygen atoms in total. The van der Waals surface area contributed by atoms with E-state index in [1.165, 1.54) is 0 Å². The van der Waals surface area contributed by atoms with Gasteiger partial charge >= 0.3 is 0 Å². The van der Waals surface area contributed by atoms with Crippen LogP contribution in [0, 0.1) is 5.92 Å². The number of hydrogen-bond donors (Lipinski definition) is 2. The van der Waals surface area contributed by atoms with Crippen LogP contribution < -0.4 is 11.1 Å². The van der Waals surface area contributed by atoms with E-state index in [4.69, 9.17) is 5.73 Å². The van der Waals surface area contributed by atoms with Crippen LogP contribution in [0.3, 0.4) is 0 Å². The summed E-state index contributed by atoms with van der Waals surface area (Å²) in [5, 5.41) is 2.98. The van der Waals surface area contributed by atoms with Crippen molar-refractivity contribution in [2.75, 3.05) is 5.73 Å². The second kappa shape index (κ2) is 5.04. The maximum Gasteiger partial charge on any atom is 0.244 e. The Labute approximate surface area is 102 Å². The van der Waals surface area contributed by atoms with Crippen molar-refractivity contribution in [2.45, 2.75) is 25.8 Å². The first-order chi connectivity index (χ1) is 8.19. The van der Waals surface area contributed by atoms with Crippen molar-refractivity contribution in [1.82, 2.24) is 5.32 Å². The summed E-state index contributed by atoms with van der Waals surface area (Å²) in [6, 6.07) is 7.86. The van der Waals surface area contributed by atoms with E-state index in [0.717, 1.165) is 18.4 Å². The van der Waals surface area contributed by atoms with Gasteiger partial charge in [0.15, 0.2) is 0 Å². The van der Waals surface area contributed by atoms with Crippen LogP contribution in [0.15, 0.2) is 30.3 Å². The summed E-state index contributed by atoms with van der Waals surface area (Å²) in [6.45, 7) is 2.15. The Morgan fingerprint density at radius 1 is 1.59 bits per heavy atom. The SMILES string of the molecule is CCC1CC1NC(=O)/C=C/c1cccc(N)c1. The first kappa shape index (κ1) is 11.7. The summed E-state index contributed by atoms with van der Waals surface area (Å²) >= 11 is 0. The number of hydrogen-bond acceptors (Lipinski definition) is 2. The van der Waals surface area contributed by atoms with Gasteiger partial charge in [-0.2, -0.15) is 0 Å². The number of carbonyl (C=O) groups excluding carboxylic acids is 1. The normalized spacial score (nSPS) is 22.6. The van der Waals surface area contributed by atoms with Gasteiger partial charge in [-0.05, 0) is 36.1 Å². The van der Waals surface area contributed by atoms with Crippen LogP contribution in [0.4, 0.5) is 5.69 Å². The lowest BCUT2D eigenvalue weighted by atomic mass is 10.2. The van der Waals surface area contributed by atoms with Crippen molar-refractivity contribution in [3.63, 3.8) is 0 Å². The summed E-state index contributed by atoms with van der Waals surface area (Å²) in [4.78, 5) is 11.6. The fourth-order valence-electron chi connectivity index (χ4n) is 1.94. The standard InChI is InChI=1S/C14H18N2O/c1-2-11-9-13(11)16-14(17)7-6-10-4-3-5-12(15)8-10/h3-8,11,13H,2,9,15H2,1H3,(H,16,17)/b7-6+. The zero-order chi connectivity index (χ0) is 12.3. The highest BCUT2D eigenvalue weighted by Crippen LogP contribution is 2.32. The predicted octanol–water partition coefficient (Wildman–Crippen LogP) is 2.20. The largest absolute Gasteiger partial charge is 0.399 e. The van der Waals surface area contributed by atoms with Crippen molar-refractivity contribution < 1.29 is 4.79 Å². The highest BCUT2D eigenvalue weighted by atomic mass is 16.1. The number of amides is 1. The van der Waals surface area contributed by atoms with Gasteiger partial charge in [-0.25, -0.2) is 0 Å². The summed E-state index contributed by atoms with van der Waals surface area (Å²) in [7, 11) is 0. The van der Waals surface area contributed by atoms with Crippen LogP contribution >= 0.6 is 0 Å². The van der Waals surface area contributed by atoms with Gasteiger partial charge in [0.2, 0.25) is 5.91 Å². The third-order valence-electron chi connectivity index (χ3n) is 3.11. The summed E-state index contributed by atoms with van der Waals surface area (Å²) in [5.41, 5.74) is 7.31. The molecule has 0 bridgehead atoms. The van der Waals surface area contributed by atoms with Crippen molar-refractivity contribution in [1.29, 1.82) is 0 Å². The van der Waals surface area contributed by atoms with E-state index in [1.54, 1.807) is 12.2 Å². The quantitative estimate of drug-likeness (QED) is 0.615. The second-order valence-electron chi connectivity index (χ2n) is 4.52. The Morgan fingerprint density at radius 3 is 3.06 bits per heavy atom. The summed E-state index contributed by atoms with van der Waals surface area (Å²) < 4.78 is 0. The fourth-order valence-corrected chi connectivity index (χ4v) is 1.94. The molecule has 0 saturated heterocycles. The molecule has 1 aromatic rings. The number of nitrogens with two attached hydrogens (primary N) is 1. The minimum Gasteiger partial charge on any atom is -0.399 e. The summed E-state index contributed by atoms with van der Waals surface area (Å²) in [6.07, 6.45) is 5.62. The van der Waals surface area contributed by atoms with Crippen LogP contribution in [0.2, 0.25) is 0 Å². The molecule has 0 aromatic heterocycles. The molecule has 3 heteroatoms. The molecule has 17 heavy (non-hydrogen) atoms. The molecule has 2 unspecified atom stereocenters. The Morgan fingerprint density at radius 2 is 2.41 bits per heavy atom. The lowest BCUT2D eigenvalue weighted by molar-refractivity contribution is -0.116. The Balaban J connectivity index is 1.86. The first-order valence-electron chi connectivity index (χ1n) is 6.03. The van der Waals surface area contributed by atoms with Gasteiger partial charge in [0, 0.05) is 17.8 Å². The van der Waals surface area contributed by atoms with Gasteiger partial charge in [0.05, 0.1) is 0 Å². The molecule has 1 aromatic carbocycles. The van der Waals surface area contributed by atoms with Crippen LogP contribution in [0.5, 0.6) is 0 Å². The Kier molecular flexibility index (Phi) is 3.47. The van der Waals surface area contributed by atoms with Gasteiger partial charge in [-0.3, -0.25) is 4.79 Å². The molecule has 2 rings (SSSR count). The van der Waals surface area contributed by atoms with E-state index in [2.05, 4.69) is 12.2 Å². The number of anilines is 1. The fraction of sp³-hybridized carbons (Fsp3) is 0.357. The minimum atomic E-state index is -0.0200. The monoisotopic (exact) mass is 230 g/mol. The average molecular weight is 230 g/mol. The predicted molar refractivity (Wildman–Crippen MR) is 70.2 cm³/mol. The maximum absolute atomic E-state index is 11.6. The van der Waals surface area contributed by atoms with Crippen molar-refractivity contribution >= 4 is 17.7 Å². The molecule has 3 N–H and O–H groups in total. The zero-order valence-corrected chi connectivity index (χ0v) is 10.0. The molecule has 1 fully saturated rings. The zero-order valence-electron chi connectivity index (χ0n) is 10.0. The molecule has 90 valence electrons. The lowest BCUT2D eigenvalue weighted by Gasteiger charge is -1.99. The Bertz CT molecular complexity index is 440. The van der Waals surface area contributed by atoms with Crippen molar-refractivity contribution in [3.05, 3.63) is 35.9 Å². The van der Waals surface area contributed by atoms with Gasteiger partial charge in [0.1, 0.15) is 0 Å². The van der Waals surface area contributed by atoms with Crippen LogP contribution in [-0.4, -0.2) is 11.9 Å². The van der Waals surface area contributed by atoms with E-state index in [-0.39, 0.29) is 5.91 Å². The molecular formula is C14H18N2O. The number of carbonyl (C=O) groups is 1. The molecule has 1 amide bonds. The second-order valence-corrected chi connectivity index (χ2v) is 4.52. The van der Waals surface area contributed by atoms with Crippen molar-refractivity contribution in [2.24, 2.45) is 5.92 Å². The van der Waals surface area contributed by atoms with Crippen LogP contribution in [-0.2, 0) is 4.79 Å². The van der Waals surface area contributed by atoms with Gasteiger partial charge in [-0.15, -0.1) is 0 Å². The number of rotatable bonds is 4. The van der Waals surface area contributed by atoms with E-state index in [1.807, 2.05) is 24.3 Å². The maximum atomic E-state index is 11.6. The molecule has 1 aliphatic carbocycles. The third-order valence-corrected chi connectivity index (χ3v) is 3.11. The van der Waals surface area contributed by atoms with E-state index >= 15 is 0 Å². The molecule has 1 aliphatic rings. The smallest absolute Gasteiger partial charge is 0.244 e. The van der Waals surface area contributed by atoms with Gasteiger partial charge in [0.25, 0.3) is 0 Å². The molecule has 0 radical (unpaired) electrons. The first-order valence-corrected chi connectivity index (χ1v) is 6.03. The Hall–Kier alpha value is -1.77. The van der Waals surface area contributed by atoms with E-state index in [9.17, 15) is 4.79 Å². The molecule has 2 atom stereocenters. The van der Waals surface area contributed by atoms with E-state index in [0.29, 0.717) is 17.6 Å². The van der Waals surface area contributed by atoms with Crippen LogP contribution in [0.25, 0.3) is 6.08 Å². The molecule has 1 saturated carbocycles. The molecule has 0 heterocycles. The average Bonchev–Trinajstić information content (AvgIpc) is 3.05. The number of nitrogens with one attached hydrogen (secondary N) is 1. The third kappa shape index (κ3) is 3.34.